The third-order valence-corrected chi connectivity index (χ3v) is 5.95. The van der Waals surface area contributed by atoms with Crippen molar-refractivity contribution in [2.45, 2.75) is 39.0 Å². The molecule has 2 aromatic carbocycles. The first kappa shape index (κ1) is 22.5. The van der Waals surface area contributed by atoms with E-state index in [1.165, 1.54) is 35.2 Å². The molecule has 0 aliphatic carbocycles. The van der Waals surface area contributed by atoms with Gasteiger partial charge < -0.3 is 15.1 Å². The molecule has 4 nitrogen and oxygen atoms in total. The van der Waals surface area contributed by atoms with Gasteiger partial charge >= 0.3 is 5.97 Å². The lowest BCUT2D eigenvalue weighted by atomic mass is 10.0. The van der Waals surface area contributed by atoms with Gasteiger partial charge in [-0.05, 0) is 48.6 Å². The average Bonchev–Trinajstić information content (AvgIpc) is 3.46. The fourth-order valence-electron chi connectivity index (χ4n) is 3.45. The zero-order chi connectivity index (χ0) is 22.1. The summed E-state index contributed by atoms with van der Waals surface area (Å²) in [7, 11) is 0. The number of nitrogens with one attached hydrogen (secondary N) is 1. The summed E-state index contributed by atoms with van der Waals surface area (Å²) in [6.45, 7) is 2.22. The molecule has 0 fully saturated rings. The molecule has 0 spiro atoms. The van der Waals surface area contributed by atoms with Gasteiger partial charge in [0.1, 0.15) is 0 Å². The zero-order valence-electron chi connectivity index (χ0n) is 17.8. The molecule has 2 heterocycles. The molecule has 160 valence electrons. The van der Waals surface area contributed by atoms with Crippen LogP contribution in [0.1, 0.15) is 54.9 Å². The number of benzene rings is 2. The number of carboxylic acids is 1. The topological polar surface area (TPSA) is 66.1 Å². The molecule has 0 radical (unpaired) electrons. The van der Waals surface area contributed by atoms with E-state index in [4.69, 9.17) is 10.5 Å². The summed E-state index contributed by atoms with van der Waals surface area (Å²) < 4.78 is 2.22. The molecule has 4 rings (SSSR count). The minimum Gasteiger partial charge on any atom is -0.478 e. The first-order chi connectivity index (χ1) is 15.1. The summed E-state index contributed by atoms with van der Waals surface area (Å²) in [5, 5.41) is 21.4. The molecule has 0 saturated heterocycles. The Morgan fingerprint density at radius 1 is 0.968 bits per heavy atom. The Balaban J connectivity index is 0.000000254. The van der Waals surface area contributed by atoms with Crippen molar-refractivity contribution in [3.05, 3.63) is 89.4 Å². The van der Waals surface area contributed by atoms with Crippen LogP contribution in [0, 0.1) is 5.41 Å². The number of aromatic nitrogens is 1. The molecule has 0 saturated carbocycles. The molecule has 0 amide bonds. The van der Waals surface area contributed by atoms with Crippen LogP contribution in [0.4, 0.5) is 0 Å². The van der Waals surface area contributed by atoms with Crippen molar-refractivity contribution in [1.29, 1.82) is 5.41 Å². The van der Waals surface area contributed by atoms with Crippen molar-refractivity contribution in [3.8, 4) is 5.00 Å². The minimum absolute atomic E-state index is 0.331. The number of carboxylic acid groups (broad SMARTS) is 1. The molecule has 0 bridgehead atoms. The summed E-state index contributed by atoms with van der Waals surface area (Å²) in [6.07, 6.45) is 7.86. The lowest BCUT2D eigenvalue weighted by Crippen LogP contribution is -1.98. The SMILES string of the molecule is CCCCCCC(=N)c1cn(-c2cccs2)c2ccccc12.O=C(O)c1ccccc1. The first-order valence-corrected chi connectivity index (χ1v) is 11.5. The van der Waals surface area contributed by atoms with E-state index in [1.54, 1.807) is 41.7 Å². The van der Waals surface area contributed by atoms with Crippen molar-refractivity contribution in [1.82, 2.24) is 4.57 Å². The quantitative estimate of drug-likeness (QED) is 0.225. The summed E-state index contributed by atoms with van der Waals surface area (Å²) in [5.41, 5.74) is 3.37. The van der Waals surface area contributed by atoms with Crippen LogP contribution in [0.5, 0.6) is 0 Å². The van der Waals surface area contributed by atoms with Crippen LogP contribution < -0.4 is 0 Å². The van der Waals surface area contributed by atoms with Crippen LogP contribution in [0.3, 0.4) is 0 Å². The standard InChI is InChI=1S/C19H22N2S.C7H6O2/c1-2-3-4-5-10-17(20)16-14-21(19-12-8-13-22-19)18-11-7-6-9-15(16)18;8-7(9)6-4-2-1-3-5-6/h6-9,11-14,20H,2-5,10H2,1H3;1-5H,(H,8,9). The Bertz CT molecular complexity index is 1110. The Morgan fingerprint density at radius 3 is 2.35 bits per heavy atom. The van der Waals surface area contributed by atoms with E-state index in [-0.39, 0.29) is 0 Å². The van der Waals surface area contributed by atoms with Crippen LogP contribution in [0.25, 0.3) is 15.9 Å². The Labute approximate surface area is 187 Å². The van der Waals surface area contributed by atoms with Crippen molar-refractivity contribution in [2.75, 3.05) is 0 Å². The smallest absolute Gasteiger partial charge is 0.335 e. The van der Waals surface area contributed by atoms with Gasteiger partial charge in [0.05, 0.1) is 16.1 Å². The molecule has 2 aromatic heterocycles. The molecule has 0 unspecified atom stereocenters. The van der Waals surface area contributed by atoms with Gasteiger partial charge in [-0.2, -0.15) is 0 Å². The highest BCUT2D eigenvalue weighted by Crippen LogP contribution is 2.28. The molecule has 0 aliphatic heterocycles. The Kier molecular flexibility index (Phi) is 8.19. The van der Waals surface area contributed by atoms with E-state index in [9.17, 15) is 4.79 Å². The van der Waals surface area contributed by atoms with Gasteiger partial charge in [0, 0.05) is 22.9 Å². The van der Waals surface area contributed by atoms with Gasteiger partial charge in [-0.25, -0.2) is 4.79 Å². The zero-order valence-corrected chi connectivity index (χ0v) is 18.6. The van der Waals surface area contributed by atoms with Crippen molar-refractivity contribution >= 4 is 33.9 Å². The van der Waals surface area contributed by atoms with Gasteiger partial charge in [-0.1, -0.05) is 62.6 Å². The lowest BCUT2D eigenvalue weighted by molar-refractivity contribution is 0.0697. The van der Waals surface area contributed by atoms with Gasteiger partial charge in [-0.3, -0.25) is 0 Å². The summed E-state index contributed by atoms with van der Waals surface area (Å²) in [5.74, 6) is -0.879. The van der Waals surface area contributed by atoms with Crippen LogP contribution in [0.2, 0.25) is 0 Å². The van der Waals surface area contributed by atoms with Crippen LogP contribution in [-0.2, 0) is 0 Å². The van der Waals surface area contributed by atoms with Gasteiger partial charge in [0.2, 0.25) is 0 Å². The highest BCUT2D eigenvalue weighted by Gasteiger charge is 2.13. The van der Waals surface area contributed by atoms with E-state index in [2.05, 4.69) is 59.5 Å². The second-order valence-electron chi connectivity index (χ2n) is 7.34. The minimum atomic E-state index is -0.879. The molecule has 0 atom stereocenters. The monoisotopic (exact) mass is 432 g/mol. The Morgan fingerprint density at radius 2 is 1.71 bits per heavy atom. The molecule has 4 aromatic rings. The van der Waals surface area contributed by atoms with Gasteiger partial charge in [-0.15, -0.1) is 11.3 Å². The maximum absolute atomic E-state index is 10.2. The maximum Gasteiger partial charge on any atom is 0.335 e. The summed E-state index contributed by atoms with van der Waals surface area (Å²) in [6, 6.07) is 20.9. The van der Waals surface area contributed by atoms with E-state index in [1.807, 2.05) is 0 Å². The van der Waals surface area contributed by atoms with Crippen molar-refractivity contribution < 1.29 is 9.90 Å². The predicted molar refractivity (Wildman–Crippen MR) is 130 cm³/mol. The summed E-state index contributed by atoms with van der Waals surface area (Å²) >= 11 is 1.73. The highest BCUT2D eigenvalue weighted by molar-refractivity contribution is 7.12. The molecule has 0 aliphatic rings. The van der Waals surface area contributed by atoms with Crippen molar-refractivity contribution in [2.24, 2.45) is 0 Å². The van der Waals surface area contributed by atoms with E-state index >= 15 is 0 Å². The number of rotatable bonds is 8. The summed E-state index contributed by atoms with van der Waals surface area (Å²) in [4.78, 5) is 10.2. The molecule has 5 heteroatoms. The van der Waals surface area contributed by atoms with E-state index < -0.39 is 5.97 Å². The van der Waals surface area contributed by atoms with Gasteiger partial charge in [0.15, 0.2) is 0 Å². The largest absolute Gasteiger partial charge is 0.478 e. The number of hydrogen-bond acceptors (Lipinski definition) is 3. The molecule has 31 heavy (non-hydrogen) atoms. The van der Waals surface area contributed by atoms with E-state index in [0.717, 1.165) is 24.1 Å². The number of hydrogen-bond donors (Lipinski definition) is 2. The first-order valence-electron chi connectivity index (χ1n) is 10.6. The van der Waals surface area contributed by atoms with Crippen LogP contribution in [-0.4, -0.2) is 21.4 Å². The number of carbonyl (C=O) groups is 1. The number of aromatic carboxylic acids is 1. The normalized spacial score (nSPS) is 10.5. The number of fused-ring (bicyclic) bond motifs is 1. The lowest BCUT2D eigenvalue weighted by Gasteiger charge is -2.02. The average molecular weight is 433 g/mol. The number of thiophene rings is 1. The van der Waals surface area contributed by atoms with Crippen LogP contribution >= 0.6 is 11.3 Å². The van der Waals surface area contributed by atoms with Gasteiger partial charge in [0.25, 0.3) is 0 Å². The number of nitrogens with zero attached hydrogens (tertiary/aromatic N) is 1. The van der Waals surface area contributed by atoms with E-state index in [0.29, 0.717) is 5.56 Å². The maximum atomic E-state index is 10.2. The molecular weight excluding hydrogens is 404 g/mol. The Hall–Kier alpha value is -3.18. The molecular formula is C26H28N2O2S. The number of unbranched alkanes of at least 4 members (excludes halogenated alkanes) is 3. The fourth-order valence-corrected chi connectivity index (χ4v) is 4.17. The van der Waals surface area contributed by atoms with Crippen molar-refractivity contribution in [3.63, 3.8) is 0 Å². The second-order valence-corrected chi connectivity index (χ2v) is 8.27. The molecule has 2 N–H and O–H groups in total. The fraction of sp³-hybridized carbons (Fsp3) is 0.231. The highest BCUT2D eigenvalue weighted by atomic mass is 32.1. The third kappa shape index (κ3) is 5.92. The second kappa shape index (κ2) is 11.3. The van der Waals surface area contributed by atoms with Crippen LogP contribution in [0.15, 0.2) is 78.3 Å². The predicted octanol–water partition coefficient (Wildman–Crippen LogP) is 7.42. The third-order valence-electron chi connectivity index (χ3n) is 5.08. The number of para-hydroxylation sites is 1.